The third kappa shape index (κ3) is 34.2. The van der Waals surface area contributed by atoms with Crippen molar-refractivity contribution >= 4 is 5.82 Å². The van der Waals surface area contributed by atoms with Gasteiger partial charge in [-0.1, -0.05) is 169 Å². The van der Waals surface area contributed by atoms with Crippen molar-refractivity contribution < 1.29 is 14.2 Å². The third-order valence-electron chi connectivity index (χ3n) is 10.9. The Morgan fingerprint density at radius 1 is 0.524 bits per heavy atom. The molecule has 8 heteroatoms. The lowest BCUT2D eigenvalue weighted by atomic mass is 9.79. The third-order valence-corrected chi connectivity index (χ3v) is 10.9. The molecule has 6 rings (SSSR count). The minimum absolute atomic E-state index is 0. The fourth-order valence-corrected chi connectivity index (χ4v) is 6.74. The van der Waals surface area contributed by atoms with Gasteiger partial charge in [-0.05, 0) is 116 Å². The van der Waals surface area contributed by atoms with E-state index in [1.165, 1.54) is 66.5 Å². The number of rotatable bonds is 9. The van der Waals surface area contributed by atoms with Gasteiger partial charge in [-0.2, -0.15) is 0 Å². The van der Waals surface area contributed by atoms with Crippen LogP contribution >= 0.6 is 0 Å². The van der Waals surface area contributed by atoms with Crippen molar-refractivity contribution in [1.29, 1.82) is 0 Å². The summed E-state index contributed by atoms with van der Waals surface area (Å²) in [5, 5.41) is 0. The molecule has 3 fully saturated rings. The molecule has 3 aliphatic rings. The van der Waals surface area contributed by atoms with E-state index in [1.807, 2.05) is 25.3 Å². The summed E-state index contributed by atoms with van der Waals surface area (Å²) >= 11 is 0. The van der Waals surface area contributed by atoms with Crippen LogP contribution < -0.4 is 17.2 Å². The van der Waals surface area contributed by atoms with E-state index in [1.54, 1.807) is 6.20 Å². The van der Waals surface area contributed by atoms with Crippen LogP contribution in [0.3, 0.4) is 0 Å². The van der Waals surface area contributed by atoms with E-state index in [2.05, 4.69) is 102 Å². The molecule has 372 valence electrons. The molecule has 8 nitrogen and oxygen atoms in total. The summed E-state index contributed by atoms with van der Waals surface area (Å²) in [5.74, 6) is 2.73. The van der Waals surface area contributed by atoms with Crippen LogP contribution in [0.2, 0.25) is 0 Å². The number of hydrogen-bond donors (Lipinski definition) is 3. The largest absolute Gasteiger partial charge is 0.384 e. The molecular weight excluding hydrogens is 779 g/mol. The Morgan fingerprint density at radius 2 is 1.05 bits per heavy atom. The van der Waals surface area contributed by atoms with Crippen molar-refractivity contribution in [3.8, 4) is 0 Å². The summed E-state index contributed by atoms with van der Waals surface area (Å²) in [7, 11) is 0. The Hall–Kier alpha value is -2.88. The minimum atomic E-state index is -0.00944. The lowest BCUT2D eigenvalue weighted by Crippen LogP contribution is -2.40. The van der Waals surface area contributed by atoms with Crippen molar-refractivity contribution in [2.24, 2.45) is 23.3 Å². The molecule has 3 aromatic rings. The first-order valence-corrected chi connectivity index (χ1v) is 22.7. The average molecular weight is 889 g/mol. The van der Waals surface area contributed by atoms with Crippen molar-refractivity contribution in [3.63, 3.8) is 0 Å². The van der Waals surface area contributed by atoms with Crippen LogP contribution in [0.5, 0.6) is 0 Å². The highest BCUT2D eigenvalue weighted by molar-refractivity contribution is 5.29. The molecule has 1 saturated carbocycles. The molecule has 1 aliphatic carbocycles. The average Bonchev–Trinajstić information content (AvgIpc) is 3.28. The van der Waals surface area contributed by atoms with E-state index >= 15 is 0 Å². The number of hydrogen-bond acceptors (Lipinski definition) is 8. The summed E-state index contributed by atoms with van der Waals surface area (Å²) < 4.78 is 15.8. The van der Waals surface area contributed by atoms with Crippen molar-refractivity contribution in [1.82, 2.24) is 9.97 Å². The van der Waals surface area contributed by atoms with Gasteiger partial charge in [-0.15, -0.1) is 0 Å². The fraction of sp³-hybridized carbons (Fsp3) is 0.709. The summed E-state index contributed by atoms with van der Waals surface area (Å²) in [6.45, 7) is 21.7. The zero-order chi connectivity index (χ0) is 42.3. The molecule has 0 bridgehead atoms. The van der Waals surface area contributed by atoms with Gasteiger partial charge in [0.05, 0.1) is 32.0 Å². The van der Waals surface area contributed by atoms with E-state index in [0.717, 1.165) is 76.2 Å². The molecule has 6 N–H and O–H groups in total. The second-order valence-electron chi connectivity index (χ2n) is 15.5. The Kier molecular flexibility index (Phi) is 52.0. The summed E-state index contributed by atoms with van der Waals surface area (Å²) in [4.78, 5) is 8.13. The van der Waals surface area contributed by atoms with Crippen LogP contribution in [0.1, 0.15) is 199 Å². The number of ether oxygens (including phenoxy) is 3. The van der Waals surface area contributed by atoms with Gasteiger partial charge < -0.3 is 31.4 Å². The van der Waals surface area contributed by atoms with E-state index in [-0.39, 0.29) is 56.9 Å². The van der Waals surface area contributed by atoms with Crippen LogP contribution in [-0.4, -0.2) is 54.3 Å². The molecule has 0 radical (unpaired) electrons. The maximum Gasteiger partial charge on any atom is 0.157 e. The Labute approximate surface area is 394 Å². The van der Waals surface area contributed by atoms with Gasteiger partial charge in [0, 0.05) is 24.1 Å². The monoisotopic (exact) mass is 888 g/mol. The quantitative estimate of drug-likeness (QED) is 0.194. The van der Waals surface area contributed by atoms with Gasteiger partial charge in [-0.3, -0.25) is 4.98 Å². The summed E-state index contributed by atoms with van der Waals surface area (Å²) in [5.41, 5.74) is 23.2. The molecule has 2 aliphatic heterocycles. The number of aryl methyl sites for hydroxylation is 5. The number of anilines is 1. The van der Waals surface area contributed by atoms with Crippen LogP contribution in [-0.2, 0) is 46.3 Å². The van der Waals surface area contributed by atoms with Crippen molar-refractivity contribution in [3.05, 3.63) is 88.9 Å². The molecule has 2 aromatic heterocycles. The molecular formula is C55H109N5O3. The van der Waals surface area contributed by atoms with E-state index in [4.69, 9.17) is 31.4 Å². The smallest absolute Gasteiger partial charge is 0.157 e. The molecule has 3 unspecified atom stereocenters. The van der Waals surface area contributed by atoms with E-state index in [0.29, 0.717) is 31.2 Å². The maximum absolute atomic E-state index is 5.63. The summed E-state index contributed by atoms with van der Waals surface area (Å²) in [6.07, 6.45) is 22.8. The minimum Gasteiger partial charge on any atom is -0.384 e. The van der Waals surface area contributed by atoms with Gasteiger partial charge in [0.25, 0.3) is 0 Å². The Bertz CT molecular complexity index is 1240. The highest BCUT2D eigenvalue weighted by atomic mass is 16.7. The summed E-state index contributed by atoms with van der Waals surface area (Å²) in [6, 6.07) is 17.2. The number of aromatic nitrogens is 2. The van der Waals surface area contributed by atoms with Crippen molar-refractivity contribution in [2.45, 2.75) is 228 Å². The first kappa shape index (κ1) is 71.7. The molecule has 4 heterocycles. The first-order valence-electron chi connectivity index (χ1n) is 22.7. The molecule has 0 spiro atoms. The highest BCUT2D eigenvalue weighted by Gasteiger charge is 2.19. The zero-order valence-electron chi connectivity index (χ0n) is 37.8. The van der Waals surface area contributed by atoms with E-state index in [9.17, 15) is 0 Å². The van der Waals surface area contributed by atoms with Crippen molar-refractivity contribution in [2.75, 3.05) is 25.6 Å². The topological polar surface area (TPSA) is 132 Å². The number of nitrogen functional groups attached to an aromatic ring is 1. The Balaban J connectivity index is -0.000000152. The number of benzene rings is 1. The lowest BCUT2D eigenvalue weighted by Gasteiger charge is -2.27. The molecule has 63 heavy (non-hydrogen) atoms. The van der Waals surface area contributed by atoms with Crippen LogP contribution in [0.25, 0.3) is 0 Å². The first-order chi connectivity index (χ1) is 27.6. The standard InChI is InChI=1S/C10H20.C10H14.C9H13N.C7H10N2.C7H15NO.C6H13NO2.6CH4/c2*1-3-9-6-5-7-10(4-2)8-9;1-3-8-5-6-10-9(4-2)7-8;1-2-6-3-4-7(8)9-5-6;1-2-7-4-3-6(8)5-9-7;1-2-6-8-3-5(7)4-9-6;;;;;;/h9-10H,3-8H2,1-2H3;5-8H,3-4H2,1-2H3;5-7H,3-4H2,1-2H3;3-5H,2H2,1H3,(H2,8,9);6-7H,2-5,8H2,1H3;5-6H,2-4,7H2,1H3;6*1H4/t9-,10?;;;;;;;;;;;/m0.........../s1. The van der Waals surface area contributed by atoms with E-state index < -0.39 is 0 Å². The van der Waals surface area contributed by atoms with Gasteiger partial charge in [-0.25, -0.2) is 4.98 Å². The van der Waals surface area contributed by atoms with Gasteiger partial charge in [0.1, 0.15) is 5.82 Å². The van der Waals surface area contributed by atoms with Gasteiger partial charge >= 0.3 is 0 Å². The second kappa shape index (κ2) is 45.7. The molecule has 4 atom stereocenters. The van der Waals surface area contributed by atoms with Crippen LogP contribution in [0.4, 0.5) is 5.82 Å². The highest BCUT2D eigenvalue weighted by Crippen LogP contribution is 2.32. The zero-order valence-corrected chi connectivity index (χ0v) is 37.8. The predicted octanol–water partition coefficient (Wildman–Crippen LogP) is 14.7. The predicted molar refractivity (Wildman–Crippen MR) is 284 cm³/mol. The number of pyridine rings is 2. The molecule has 2 saturated heterocycles. The SMILES string of the molecule is C.C.C.C.C.C.CCC1CCC(N)CO1.CCC1CCC[C@H](CC)C1.CCC1OCC(N)CO1.CCc1ccc(N)nc1.CCc1cccc(CC)c1.CCc1ccnc(CC)c1. The van der Waals surface area contributed by atoms with Gasteiger partial charge in [0.2, 0.25) is 0 Å². The van der Waals surface area contributed by atoms with Crippen LogP contribution in [0.15, 0.2) is 60.9 Å². The lowest BCUT2D eigenvalue weighted by molar-refractivity contribution is -0.185. The Morgan fingerprint density at radius 3 is 1.46 bits per heavy atom. The molecule has 1 aromatic carbocycles. The van der Waals surface area contributed by atoms with Crippen LogP contribution in [0, 0.1) is 11.8 Å². The number of nitrogens with two attached hydrogens (primary N) is 3. The normalized spacial score (nSPS) is 20.4. The second-order valence-corrected chi connectivity index (χ2v) is 15.5. The fourth-order valence-electron chi connectivity index (χ4n) is 6.74. The van der Waals surface area contributed by atoms with Gasteiger partial charge in [0.15, 0.2) is 6.29 Å². The maximum atomic E-state index is 5.63. The molecule has 0 amide bonds. The number of nitrogens with zero attached hydrogens (tertiary/aromatic N) is 2.